The number of carbonyl (C=O) groups excluding carboxylic acids is 1. The number of hydrogen-bond donors (Lipinski definition) is 1. The molecule has 0 spiro atoms. The lowest BCUT2D eigenvalue weighted by Gasteiger charge is -2.26. The first-order chi connectivity index (χ1) is 11.5. The monoisotopic (exact) mass is 339 g/mol. The van der Waals surface area contributed by atoms with Gasteiger partial charge < -0.3 is 9.84 Å². The summed E-state index contributed by atoms with van der Waals surface area (Å²) >= 11 is 0. The largest absolute Gasteiger partial charge is 0.342 e. The van der Waals surface area contributed by atoms with Crippen molar-refractivity contribution >= 4 is 5.91 Å². The number of aryl methyl sites for hydroxylation is 1. The van der Waals surface area contributed by atoms with Gasteiger partial charge in [-0.05, 0) is 25.8 Å². The highest BCUT2D eigenvalue weighted by Crippen LogP contribution is 2.39. The summed E-state index contributed by atoms with van der Waals surface area (Å²) in [6.07, 6.45) is 2.09. The molecule has 2 aromatic heterocycles. The van der Waals surface area contributed by atoms with Crippen LogP contribution in [0.25, 0.3) is 0 Å². The Labute approximate surface area is 137 Å². The Kier molecular flexibility index (Phi) is 4.59. The fourth-order valence-electron chi connectivity index (χ4n) is 2.71. The minimum absolute atomic E-state index is 0.0771. The summed E-state index contributed by atoms with van der Waals surface area (Å²) in [5, 5.41) is 10.6. The van der Waals surface area contributed by atoms with Gasteiger partial charge in [-0.1, -0.05) is 5.16 Å². The van der Waals surface area contributed by atoms with E-state index in [1.54, 1.807) is 16.9 Å². The zero-order valence-corrected chi connectivity index (χ0v) is 13.3. The van der Waals surface area contributed by atoms with Gasteiger partial charge in [-0.25, -0.2) is 8.78 Å². The van der Waals surface area contributed by atoms with Crippen LogP contribution in [0.3, 0.4) is 0 Å². The molecule has 0 atom stereocenters. The Bertz CT molecular complexity index is 702. The van der Waals surface area contributed by atoms with E-state index in [-0.39, 0.29) is 37.1 Å². The van der Waals surface area contributed by atoms with E-state index >= 15 is 0 Å². The van der Waals surface area contributed by atoms with Gasteiger partial charge in [-0.2, -0.15) is 10.1 Å². The molecule has 0 bridgehead atoms. The number of halogens is 2. The van der Waals surface area contributed by atoms with Crippen LogP contribution in [0.15, 0.2) is 16.8 Å². The second-order valence-electron chi connectivity index (χ2n) is 5.92. The van der Waals surface area contributed by atoms with E-state index in [1.165, 1.54) is 0 Å². The highest BCUT2D eigenvalue weighted by Gasteiger charge is 2.36. The molecule has 7 nitrogen and oxygen atoms in total. The number of nitrogens with zero attached hydrogens (tertiary/aromatic N) is 4. The summed E-state index contributed by atoms with van der Waals surface area (Å²) in [7, 11) is 0. The second-order valence-corrected chi connectivity index (χ2v) is 5.92. The Morgan fingerprint density at radius 3 is 2.88 bits per heavy atom. The molecule has 1 amide bonds. The Morgan fingerprint density at radius 1 is 1.46 bits per heavy atom. The van der Waals surface area contributed by atoms with Gasteiger partial charge in [0.25, 0.3) is 5.91 Å². The lowest BCUT2D eigenvalue weighted by Crippen LogP contribution is -2.24. The van der Waals surface area contributed by atoms with Crippen molar-refractivity contribution in [2.75, 3.05) is 0 Å². The summed E-state index contributed by atoms with van der Waals surface area (Å²) < 4.78 is 33.1. The molecule has 24 heavy (non-hydrogen) atoms. The fourth-order valence-corrected chi connectivity index (χ4v) is 2.71. The molecule has 0 unspecified atom stereocenters. The van der Waals surface area contributed by atoms with Gasteiger partial charge in [-0.15, -0.1) is 0 Å². The van der Waals surface area contributed by atoms with Crippen LogP contribution in [-0.4, -0.2) is 31.8 Å². The number of carbonyl (C=O) groups is 1. The highest BCUT2D eigenvalue weighted by atomic mass is 19.3. The van der Waals surface area contributed by atoms with Crippen LogP contribution in [0.5, 0.6) is 0 Å². The number of alkyl halides is 2. The molecule has 1 aliphatic rings. The van der Waals surface area contributed by atoms with Crippen LogP contribution < -0.4 is 5.32 Å². The summed E-state index contributed by atoms with van der Waals surface area (Å²) in [5.74, 6) is -2.34. The van der Waals surface area contributed by atoms with Crippen molar-refractivity contribution in [2.45, 2.75) is 57.5 Å². The van der Waals surface area contributed by atoms with E-state index in [4.69, 9.17) is 4.52 Å². The number of aromatic nitrogens is 4. The quantitative estimate of drug-likeness (QED) is 0.904. The third kappa shape index (κ3) is 3.77. The highest BCUT2D eigenvalue weighted by molar-refractivity contribution is 5.91. The molecule has 130 valence electrons. The summed E-state index contributed by atoms with van der Waals surface area (Å²) in [6, 6.07) is 1.63. The first-order valence-electron chi connectivity index (χ1n) is 7.99. The molecular weight excluding hydrogens is 320 g/mol. The molecular formula is C15H19F2N5O2. The van der Waals surface area contributed by atoms with Gasteiger partial charge in [0.15, 0.2) is 5.82 Å². The third-order valence-corrected chi connectivity index (χ3v) is 4.16. The topological polar surface area (TPSA) is 85.8 Å². The number of hydrogen-bond acceptors (Lipinski definition) is 5. The predicted molar refractivity (Wildman–Crippen MR) is 79.5 cm³/mol. The van der Waals surface area contributed by atoms with Crippen LogP contribution in [-0.2, 0) is 13.1 Å². The van der Waals surface area contributed by atoms with E-state index in [0.29, 0.717) is 30.9 Å². The first kappa shape index (κ1) is 16.5. The third-order valence-electron chi connectivity index (χ3n) is 4.16. The number of nitrogens with one attached hydrogen (secondary N) is 1. The van der Waals surface area contributed by atoms with Crippen molar-refractivity contribution in [1.29, 1.82) is 0 Å². The van der Waals surface area contributed by atoms with Gasteiger partial charge >= 0.3 is 0 Å². The average molecular weight is 339 g/mol. The summed E-state index contributed by atoms with van der Waals surface area (Å²) in [4.78, 5) is 16.2. The van der Waals surface area contributed by atoms with Gasteiger partial charge in [0.2, 0.25) is 11.8 Å². The minimum atomic E-state index is -2.58. The average Bonchev–Trinajstić information content (AvgIpc) is 3.22. The van der Waals surface area contributed by atoms with Gasteiger partial charge in [0, 0.05) is 31.5 Å². The van der Waals surface area contributed by atoms with E-state index in [9.17, 15) is 13.6 Å². The molecule has 1 aliphatic carbocycles. The van der Waals surface area contributed by atoms with Crippen molar-refractivity contribution in [1.82, 2.24) is 25.2 Å². The van der Waals surface area contributed by atoms with E-state index in [2.05, 4.69) is 20.6 Å². The maximum absolute atomic E-state index is 13.2. The number of rotatable bonds is 5. The standard InChI is InChI=1S/C15H19F2N5O2/c1-2-22-8-5-11(20-22)14(23)18-9-12-19-13(21-24-12)10-3-6-15(16,17)7-4-10/h5,8,10H,2-4,6-7,9H2,1H3,(H,18,23). The second kappa shape index (κ2) is 6.66. The smallest absolute Gasteiger partial charge is 0.272 e. The van der Waals surface area contributed by atoms with Crippen molar-refractivity contribution in [3.63, 3.8) is 0 Å². The van der Waals surface area contributed by atoms with Crippen LogP contribution in [0.1, 0.15) is 60.7 Å². The van der Waals surface area contributed by atoms with Gasteiger partial charge in [-0.3, -0.25) is 9.48 Å². The Morgan fingerprint density at radius 2 is 2.21 bits per heavy atom. The Balaban J connectivity index is 1.53. The molecule has 2 aromatic rings. The fraction of sp³-hybridized carbons (Fsp3) is 0.600. The normalized spacial score (nSPS) is 17.8. The summed E-state index contributed by atoms with van der Waals surface area (Å²) in [5.41, 5.74) is 0.311. The maximum Gasteiger partial charge on any atom is 0.272 e. The maximum atomic E-state index is 13.2. The van der Waals surface area contributed by atoms with Crippen LogP contribution in [0.4, 0.5) is 8.78 Å². The Hall–Kier alpha value is -2.32. The van der Waals surface area contributed by atoms with E-state index < -0.39 is 5.92 Å². The lowest BCUT2D eigenvalue weighted by atomic mass is 9.86. The zero-order valence-electron chi connectivity index (χ0n) is 13.3. The molecule has 0 radical (unpaired) electrons. The molecule has 1 saturated carbocycles. The van der Waals surface area contributed by atoms with Gasteiger partial charge in [0.05, 0.1) is 6.54 Å². The predicted octanol–water partition coefficient (Wildman–Crippen LogP) is 2.51. The van der Waals surface area contributed by atoms with Gasteiger partial charge in [0.1, 0.15) is 5.69 Å². The van der Waals surface area contributed by atoms with E-state index in [1.807, 2.05) is 6.92 Å². The molecule has 3 rings (SSSR count). The van der Waals surface area contributed by atoms with Crippen molar-refractivity contribution < 1.29 is 18.1 Å². The molecule has 0 saturated heterocycles. The van der Waals surface area contributed by atoms with Crippen LogP contribution in [0, 0.1) is 0 Å². The minimum Gasteiger partial charge on any atom is -0.342 e. The van der Waals surface area contributed by atoms with Crippen LogP contribution in [0.2, 0.25) is 0 Å². The van der Waals surface area contributed by atoms with Crippen LogP contribution >= 0.6 is 0 Å². The molecule has 0 aliphatic heterocycles. The summed E-state index contributed by atoms with van der Waals surface area (Å²) in [6.45, 7) is 2.68. The number of amides is 1. The molecule has 2 heterocycles. The zero-order chi connectivity index (χ0) is 17.2. The SMILES string of the molecule is CCn1ccc(C(=O)NCc2nc(C3CCC(F)(F)CC3)no2)n1. The van der Waals surface area contributed by atoms with E-state index in [0.717, 1.165) is 0 Å². The first-order valence-corrected chi connectivity index (χ1v) is 7.99. The molecule has 1 fully saturated rings. The lowest BCUT2D eigenvalue weighted by molar-refractivity contribution is -0.0389. The molecule has 9 heteroatoms. The van der Waals surface area contributed by atoms with Crippen molar-refractivity contribution in [3.8, 4) is 0 Å². The van der Waals surface area contributed by atoms with Crippen molar-refractivity contribution in [2.24, 2.45) is 0 Å². The molecule has 1 N–H and O–H groups in total. The molecule has 0 aromatic carbocycles. The van der Waals surface area contributed by atoms with Crippen molar-refractivity contribution in [3.05, 3.63) is 29.7 Å².